The normalized spacial score (nSPS) is 10.8. The maximum absolute atomic E-state index is 2.27. The maximum Gasteiger partial charge on any atom is -0.0178 e. The van der Waals surface area contributed by atoms with Gasteiger partial charge in [0.1, 0.15) is 0 Å². The molecule has 0 nitrogen and oxygen atoms in total. The van der Waals surface area contributed by atoms with Crippen LogP contribution in [0.25, 0.3) is 55.6 Å². The van der Waals surface area contributed by atoms with Gasteiger partial charge >= 0.3 is 0 Å². The lowest BCUT2D eigenvalue weighted by atomic mass is 9.95. The van der Waals surface area contributed by atoms with Crippen molar-refractivity contribution in [2.45, 2.75) is 0 Å². The number of hydrogen-bond donors (Lipinski definition) is 0. The van der Waals surface area contributed by atoms with Crippen molar-refractivity contribution in [1.82, 2.24) is 0 Å². The minimum atomic E-state index is 1.22. The molecule has 6 aromatic carbocycles. The van der Waals surface area contributed by atoms with E-state index in [1.165, 1.54) is 55.6 Å². The molecule has 0 N–H and O–H groups in total. The highest BCUT2D eigenvalue weighted by atomic mass is 14.1. The highest BCUT2D eigenvalue weighted by Crippen LogP contribution is 2.31. The number of rotatable bonds is 5. The molecule has 0 unspecified atom stereocenters. The van der Waals surface area contributed by atoms with E-state index in [0.717, 1.165) is 0 Å². The lowest BCUT2D eigenvalue weighted by molar-refractivity contribution is 1.56. The third kappa shape index (κ3) is 4.62. The van der Waals surface area contributed by atoms with Crippen LogP contribution in [0.3, 0.4) is 0 Å². The predicted octanol–water partition coefficient (Wildman–Crippen LogP) is 10.0. The van der Waals surface area contributed by atoms with Crippen molar-refractivity contribution in [1.29, 1.82) is 0 Å². The first-order chi connectivity index (χ1) is 17.8. The van der Waals surface area contributed by atoms with Crippen LogP contribution in [-0.2, 0) is 0 Å². The first-order valence-electron chi connectivity index (χ1n) is 12.4. The van der Waals surface area contributed by atoms with E-state index in [1.807, 2.05) is 0 Å². The Hall–Kier alpha value is -4.68. The van der Waals surface area contributed by atoms with Crippen LogP contribution in [-0.4, -0.2) is 0 Å². The lowest BCUT2D eigenvalue weighted by Crippen LogP contribution is -1.84. The molecule has 0 aliphatic carbocycles. The SMILES string of the molecule is c1ccc(-c2cccc(-c3ccc(-c4ccc(-c5cccc(-c6ccccc6)c5)cc4)cc3)c2)cc1. The fourth-order valence-electron chi connectivity index (χ4n) is 4.73. The molecule has 0 amide bonds. The molecule has 6 rings (SSSR count). The first kappa shape index (κ1) is 21.8. The standard InChI is InChI=1S/C36H26/c1-3-9-27(10-4-1)33-13-7-15-35(25-33)31-21-17-29(18-22-31)30-19-23-32(24-20-30)36-16-8-14-34(26-36)28-11-5-2-6-12-28/h1-26H. The molecule has 0 aliphatic heterocycles. The summed E-state index contributed by atoms with van der Waals surface area (Å²) in [4.78, 5) is 0. The second kappa shape index (κ2) is 9.90. The van der Waals surface area contributed by atoms with Crippen molar-refractivity contribution in [2.75, 3.05) is 0 Å². The molecule has 36 heavy (non-hydrogen) atoms. The molecule has 0 aliphatic rings. The summed E-state index contributed by atoms with van der Waals surface area (Å²) in [5.41, 5.74) is 12.3. The summed E-state index contributed by atoms with van der Waals surface area (Å²) in [6.07, 6.45) is 0. The second-order valence-electron chi connectivity index (χ2n) is 9.05. The number of benzene rings is 6. The van der Waals surface area contributed by atoms with E-state index in [1.54, 1.807) is 0 Å². The minimum Gasteiger partial charge on any atom is -0.0622 e. The van der Waals surface area contributed by atoms with Gasteiger partial charge in [-0.3, -0.25) is 0 Å². The van der Waals surface area contributed by atoms with E-state index < -0.39 is 0 Å². The predicted molar refractivity (Wildman–Crippen MR) is 154 cm³/mol. The molecule has 170 valence electrons. The molecule has 0 heterocycles. The van der Waals surface area contributed by atoms with E-state index >= 15 is 0 Å². The summed E-state index contributed by atoms with van der Waals surface area (Å²) in [6.45, 7) is 0. The molecule has 0 heteroatoms. The molecular weight excluding hydrogens is 432 g/mol. The second-order valence-corrected chi connectivity index (χ2v) is 9.05. The molecule has 0 atom stereocenters. The van der Waals surface area contributed by atoms with Crippen LogP contribution in [0.1, 0.15) is 0 Å². The topological polar surface area (TPSA) is 0 Å². The highest BCUT2D eigenvalue weighted by Gasteiger charge is 2.05. The van der Waals surface area contributed by atoms with Gasteiger partial charge in [0.2, 0.25) is 0 Å². The van der Waals surface area contributed by atoms with E-state index in [9.17, 15) is 0 Å². The third-order valence-electron chi connectivity index (χ3n) is 6.71. The third-order valence-corrected chi connectivity index (χ3v) is 6.71. The quantitative estimate of drug-likeness (QED) is 0.241. The van der Waals surface area contributed by atoms with Gasteiger partial charge in [0.15, 0.2) is 0 Å². The molecule has 0 bridgehead atoms. The summed E-state index contributed by atoms with van der Waals surface area (Å²) in [7, 11) is 0. The Labute approximate surface area is 213 Å². The van der Waals surface area contributed by atoms with Gasteiger partial charge in [0.25, 0.3) is 0 Å². The molecule has 6 aromatic rings. The molecule has 0 fully saturated rings. The van der Waals surface area contributed by atoms with Gasteiger partial charge in [0.05, 0.1) is 0 Å². The zero-order chi connectivity index (χ0) is 24.2. The van der Waals surface area contributed by atoms with E-state index in [2.05, 4.69) is 158 Å². The van der Waals surface area contributed by atoms with Crippen LogP contribution in [0, 0.1) is 0 Å². The summed E-state index contributed by atoms with van der Waals surface area (Å²) < 4.78 is 0. The Morgan fingerprint density at radius 1 is 0.167 bits per heavy atom. The Morgan fingerprint density at radius 3 is 0.694 bits per heavy atom. The summed E-state index contributed by atoms with van der Waals surface area (Å²) in [5.74, 6) is 0. The fraction of sp³-hybridized carbons (Fsp3) is 0. The van der Waals surface area contributed by atoms with Gasteiger partial charge in [0, 0.05) is 0 Å². The van der Waals surface area contributed by atoms with Crippen molar-refractivity contribution in [3.05, 3.63) is 158 Å². The van der Waals surface area contributed by atoms with E-state index in [0.29, 0.717) is 0 Å². The van der Waals surface area contributed by atoms with E-state index in [4.69, 9.17) is 0 Å². The van der Waals surface area contributed by atoms with E-state index in [-0.39, 0.29) is 0 Å². The Kier molecular flexibility index (Phi) is 6.00. The monoisotopic (exact) mass is 458 g/mol. The lowest BCUT2D eigenvalue weighted by Gasteiger charge is -2.09. The molecule has 0 radical (unpaired) electrons. The maximum atomic E-state index is 2.27. The van der Waals surface area contributed by atoms with Crippen LogP contribution in [0.4, 0.5) is 0 Å². The fourth-order valence-corrected chi connectivity index (χ4v) is 4.73. The van der Waals surface area contributed by atoms with Crippen LogP contribution in [0.5, 0.6) is 0 Å². The highest BCUT2D eigenvalue weighted by molar-refractivity contribution is 5.77. The average Bonchev–Trinajstić information content (AvgIpc) is 2.98. The van der Waals surface area contributed by atoms with Gasteiger partial charge in [-0.25, -0.2) is 0 Å². The molecule has 0 aromatic heterocycles. The van der Waals surface area contributed by atoms with Crippen LogP contribution < -0.4 is 0 Å². The van der Waals surface area contributed by atoms with Crippen molar-refractivity contribution < 1.29 is 0 Å². The molecule has 0 saturated carbocycles. The summed E-state index contributed by atoms with van der Waals surface area (Å²) in [6, 6.07) is 56.3. The van der Waals surface area contributed by atoms with Gasteiger partial charge < -0.3 is 0 Å². The van der Waals surface area contributed by atoms with Gasteiger partial charge in [-0.05, 0) is 67.8 Å². The van der Waals surface area contributed by atoms with Crippen molar-refractivity contribution in [3.63, 3.8) is 0 Å². The van der Waals surface area contributed by atoms with Gasteiger partial charge in [-0.1, -0.05) is 146 Å². The smallest absolute Gasteiger partial charge is 0.0178 e. The number of hydrogen-bond acceptors (Lipinski definition) is 0. The Morgan fingerprint density at radius 2 is 0.389 bits per heavy atom. The average molecular weight is 459 g/mol. The largest absolute Gasteiger partial charge is 0.0622 e. The van der Waals surface area contributed by atoms with Crippen LogP contribution in [0.15, 0.2) is 158 Å². The van der Waals surface area contributed by atoms with Gasteiger partial charge in [-0.15, -0.1) is 0 Å². The van der Waals surface area contributed by atoms with Crippen LogP contribution in [0.2, 0.25) is 0 Å². The molecule has 0 spiro atoms. The van der Waals surface area contributed by atoms with Crippen molar-refractivity contribution in [3.8, 4) is 55.6 Å². The summed E-state index contributed by atoms with van der Waals surface area (Å²) >= 11 is 0. The molecule has 0 saturated heterocycles. The zero-order valence-corrected chi connectivity index (χ0v) is 20.0. The Balaban J connectivity index is 1.23. The minimum absolute atomic E-state index is 1.22. The summed E-state index contributed by atoms with van der Waals surface area (Å²) in [5, 5.41) is 0. The zero-order valence-electron chi connectivity index (χ0n) is 20.0. The van der Waals surface area contributed by atoms with Crippen LogP contribution >= 0.6 is 0 Å². The van der Waals surface area contributed by atoms with Gasteiger partial charge in [-0.2, -0.15) is 0 Å². The first-order valence-corrected chi connectivity index (χ1v) is 12.4. The Bertz CT molecular complexity index is 1450. The molecular formula is C36H26. The van der Waals surface area contributed by atoms with Crippen molar-refractivity contribution in [2.24, 2.45) is 0 Å². The van der Waals surface area contributed by atoms with Crippen molar-refractivity contribution >= 4 is 0 Å².